The number of aromatic hydroxyl groups is 3. The molecule has 5 nitrogen and oxygen atoms in total. The molecule has 0 aliphatic rings. The molecule has 0 atom stereocenters. The maximum atomic E-state index is 12.9. The highest BCUT2D eigenvalue weighted by molar-refractivity contribution is 5.90. The van der Waals surface area contributed by atoms with Crippen molar-refractivity contribution in [1.82, 2.24) is 0 Å². The second-order valence-corrected chi connectivity index (χ2v) is 6.11. The Bertz CT molecular complexity index is 1020. The molecule has 1 aromatic heterocycles. The van der Waals surface area contributed by atoms with Crippen LogP contribution in [0.15, 0.2) is 57.5 Å². The first-order valence-corrected chi connectivity index (χ1v) is 7.80. The maximum Gasteiger partial charge on any atom is 0.204 e. The van der Waals surface area contributed by atoms with E-state index in [2.05, 4.69) is 0 Å². The molecule has 0 aliphatic carbocycles. The van der Waals surface area contributed by atoms with Gasteiger partial charge >= 0.3 is 0 Å². The van der Waals surface area contributed by atoms with E-state index in [0.717, 1.165) is 11.6 Å². The minimum absolute atomic E-state index is 0.0283. The summed E-state index contributed by atoms with van der Waals surface area (Å²) in [4.78, 5) is 12.9. The van der Waals surface area contributed by atoms with Gasteiger partial charge in [-0.25, -0.2) is 0 Å². The first-order chi connectivity index (χ1) is 11.9. The Morgan fingerprint density at radius 1 is 1.08 bits per heavy atom. The fourth-order valence-electron chi connectivity index (χ4n) is 2.67. The van der Waals surface area contributed by atoms with Gasteiger partial charge in [-0.2, -0.15) is 0 Å². The molecule has 0 radical (unpaired) electrons. The molecule has 0 amide bonds. The van der Waals surface area contributed by atoms with Gasteiger partial charge in [-0.05, 0) is 38.0 Å². The molecule has 0 fully saturated rings. The monoisotopic (exact) mass is 338 g/mol. The molecule has 0 aliphatic heterocycles. The molecular weight excluding hydrogens is 320 g/mol. The number of phenolic OH excluding ortho intramolecular Hbond substituents is 3. The molecule has 3 N–H and O–H groups in total. The zero-order valence-corrected chi connectivity index (χ0v) is 13.9. The summed E-state index contributed by atoms with van der Waals surface area (Å²) < 4.78 is 5.62. The van der Waals surface area contributed by atoms with E-state index in [1.807, 2.05) is 19.9 Å². The number of hydrogen-bond donors (Lipinski definition) is 3. The fraction of sp³-hybridized carbons (Fsp3) is 0.150. The van der Waals surface area contributed by atoms with E-state index < -0.39 is 5.43 Å². The van der Waals surface area contributed by atoms with Gasteiger partial charge in [-0.3, -0.25) is 4.79 Å². The van der Waals surface area contributed by atoms with Gasteiger partial charge in [0.1, 0.15) is 34.5 Å². The summed E-state index contributed by atoms with van der Waals surface area (Å²) in [5.74, 6) is -0.364. The lowest BCUT2D eigenvalue weighted by atomic mass is 10.0. The number of allylic oxidation sites excluding steroid dienone is 2. The van der Waals surface area contributed by atoms with E-state index in [1.165, 1.54) is 18.4 Å². The van der Waals surface area contributed by atoms with Crippen LogP contribution in [0.4, 0.5) is 0 Å². The highest BCUT2D eigenvalue weighted by atomic mass is 16.3. The summed E-state index contributed by atoms with van der Waals surface area (Å²) in [6, 6.07) is 7.28. The van der Waals surface area contributed by atoms with Gasteiger partial charge in [0.15, 0.2) is 0 Å². The Hall–Kier alpha value is -3.21. The summed E-state index contributed by atoms with van der Waals surface area (Å²) in [5, 5.41) is 29.7. The maximum absolute atomic E-state index is 12.9. The third-order valence-corrected chi connectivity index (χ3v) is 4.00. The predicted octanol–water partition coefficient (Wildman–Crippen LogP) is 4.09. The van der Waals surface area contributed by atoms with E-state index in [0.29, 0.717) is 17.5 Å². The van der Waals surface area contributed by atoms with Crippen LogP contribution in [-0.2, 0) is 6.42 Å². The Balaban J connectivity index is 2.27. The Morgan fingerprint density at radius 3 is 2.40 bits per heavy atom. The van der Waals surface area contributed by atoms with Gasteiger partial charge in [0.05, 0.1) is 5.56 Å². The quantitative estimate of drug-likeness (QED) is 0.626. The van der Waals surface area contributed by atoms with Crippen molar-refractivity contribution in [3.8, 4) is 28.4 Å². The van der Waals surface area contributed by atoms with Crippen LogP contribution in [0.1, 0.15) is 19.4 Å². The first-order valence-electron chi connectivity index (χ1n) is 7.80. The number of fused-ring (bicyclic) bond motifs is 1. The van der Waals surface area contributed by atoms with Crippen LogP contribution in [0.5, 0.6) is 17.2 Å². The summed E-state index contributed by atoms with van der Waals surface area (Å²) in [7, 11) is 0. The lowest BCUT2D eigenvalue weighted by Gasteiger charge is -2.10. The predicted molar refractivity (Wildman–Crippen MR) is 96.0 cm³/mol. The summed E-state index contributed by atoms with van der Waals surface area (Å²) in [6.45, 7) is 3.86. The highest BCUT2D eigenvalue weighted by Gasteiger charge is 2.18. The third-order valence-electron chi connectivity index (χ3n) is 4.00. The number of benzene rings is 2. The van der Waals surface area contributed by atoms with E-state index in [1.54, 1.807) is 12.1 Å². The Morgan fingerprint density at radius 2 is 1.76 bits per heavy atom. The molecular formula is C20H18O5. The van der Waals surface area contributed by atoms with Crippen LogP contribution >= 0.6 is 0 Å². The molecule has 0 bridgehead atoms. The van der Waals surface area contributed by atoms with Crippen LogP contribution in [0.3, 0.4) is 0 Å². The number of hydrogen-bond acceptors (Lipinski definition) is 5. The third kappa shape index (κ3) is 3.08. The van der Waals surface area contributed by atoms with Crippen LogP contribution < -0.4 is 5.43 Å². The van der Waals surface area contributed by atoms with Crippen LogP contribution in [0.25, 0.3) is 22.1 Å². The average Bonchev–Trinajstić information content (AvgIpc) is 2.55. The minimum atomic E-state index is -0.400. The molecule has 0 saturated carbocycles. The fourth-order valence-corrected chi connectivity index (χ4v) is 2.67. The van der Waals surface area contributed by atoms with Gasteiger partial charge in [0.25, 0.3) is 0 Å². The summed E-state index contributed by atoms with van der Waals surface area (Å²) in [5.41, 5.74) is 2.10. The van der Waals surface area contributed by atoms with Gasteiger partial charge in [-0.1, -0.05) is 23.8 Å². The molecule has 128 valence electrons. The van der Waals surface area contributed by atoms with Crippen molar-refractivity contribution in [2.75, 3.05) is 0 Å². The molecule has 1 heterocycles. The topological polar surface area (TPSA) is 90.9 Å². The summed E-state index contributed by atoms with van der Waals surface area (Å²) in [6.07, 6.45) is 3.59. The molecule has 2 aromatic carbocycles. The number of rotatable bonds is 3. The van der Waals surface area contributed by atoms with Gasteiger partial charge in [0, 0.05) is 11.6 Å². The Labute approximate surface area is 144 Å². The largest absolute Gasteiger partial charge is 0.508 e. The molecule has 0 spiro atoms. The van der Waals surface area contributed by atoms with Crippen molar-refractivity contribution in [3.05, 3.63) is 64.0 Å². The van der Waals surface area contributed by atoms with Crippen LogP contribution in [0.2, 0.25) is 0 Å². The molecule has 0 saturated heterocycles. The lowest BCUT2D eigenvalue weighted by Crippen LogP contribution is -2.06. The SMILES string of the molecule is CC(C)=CCc1c(O)cc(O)c2c(=O)c(-c3ccc(O)cc3)coc12. The number of phenols is 3. The molecule has 3 aromatic rings. The van der Waals surface area contributed by atoms with Crippen LogP contribution in [-0.4, -0.2) is 15.3 Å². The van der Waals surface area contributed by atoms with E-state index in [4.69, 9.17) is 4.42 Å². The van der Waals surface area contributed by atoms with Crippen molar-refractivity contribution in [1.29, 1.82) is 0 Å². The van der Waals surface area contributed by atoms with Crippen molar-refractivity contribution < 1.29 is 19.7 Å². The summed E-state index contributed by atoms with van der Waals surface area (Å²) >= 11 is 0. The van der Waals surface area contributed by atoms with Crippen molar-refractivity contribution >= 4 is 11.0 Å². The van der Waals surface area contributed by atoms with E-state index in [-0.39, 0.29) is 33.8 Å². The second kappa shape index (κ2) is 6.36. The molecule has 25 heavy (non-hydrogen) atoms. The van der Waals surface area contributed by atoms with Crippen LogP contribution in [0, 0.1) is 0 Å². The zero-order chi connectivity index (χ0) is 18.1. The van der Waals surface area contributed by atoms with E-state index in [9.17, 15) is 20.1 Å². The normalized spacial score (nSPS) is 10.8. The Kier molecular flexibility index (Phi) is 4.23. The van der Waals surface area contributed by atoms with Crippen molar-refractivity contribution in [2.24, 2.45) is 0 Å². The zero-order valence-electron chi connectivity index (χ0n) is 13.9. The first kappa shape index (κ1) is 16.6. The second-order valence-electron chi connectivity index (χ2n) is 6.11. The standard InChI is InChI=1S/C20H18O5/c1-11(2)3-8-14-16(22)9-17(23)18-19(24)15(10-25-20(14)18)12-4-6-13(21)7-5-12/h3-7,9-10,21-23H,8H2,1-2H3. The molecule has 3 rings (SSSR count). The smallest absolute Gasteiger partial charge is 0.204 e. The van der Waals surface area contributed by atoms with Crippen molar-refractivity contribution in [3.63, 3.8) is 0 Å². The van der Waals surface area contributed by atoms with Gasteiger partial charge in [-0.15, -0.1) is 0 Å². The molecule has 0 unspecified atom stereocenters. The average molecular weight is 338 g/mol. The lowest BCUT2D eigenvalue weighted by molar-refractivity contribution is 0.448. The van der Waals surface area contributed by atoms with Crippen molar-refractivity contribution in [2.45, 2.75) is 20.3 Å². The molecule has 5 heteroatoms. The minimum Gasteiger partial charge on any atom is -0.508 e. The highest BCUT2D eigenvalue weighted by Crippen LogP contribution is 2.35. The van der Waals surface area contributed by atoms with E-state index >= 15 is 0 Å². The van der Waals surface area contributed by atoms with Gasteiger partial charge in [0.2, 0.25) is 5.43 Å². The van der Waals surface area contributed by atoms with Gasteiger partial charge < -0.3 is 19.7 Å².